The van der Waals surface area contributed by atoms with E-state index in [2.05, 4.69) is 16.9 Å². The zero-order chi connectivity index (χ0) is 13.8. The lowest BCUT2D eigenvalue weighted by Crippen LogP contribution is -2.53. The van der Waals surface area contributed by atoms with E-state index in [0.717, 1.165) is 12.8 Å². The van der Waals surface area contributed by atoms with E-state index in [-0.39, 0.29) is 17.2 Å². The number of carbonyl (C=O) groups is 2. The number of rotatable bonds is 6. The molecule has 0 radical (unpaired) electrons. The third-order valence-electron chi connectivity index (χ3n) is 3.31. The molecular weight excluding hydrogens is 252 g/mol. The summed E-state index contributed by atoms with van der Waals surface area (Å²) in [6, 6.07) is -0.290. The van der Waals surface area contributed by atoms with Crippen LogP contribution in [-0.4, -0.2) is 40.2 Å². The number of aliphatic carboxylic acids is 1. The van der Waals surface area contributed by atoms with Crippen molar-refractivity contribution in [2.45, 2.75) is 49.8 Å². The average Bonchev–Trinajstić information content (AvgIpc) is 2.13. The van der Waals surface area contributed by atoms with Crippen LogP contribution in [0.3, 0.4) is 0 Å². The molecule has 0 heterocycles. The number of thioether (sulfide) groups is 1. The van der Waals surface area contributed by atoms with E-state index in [1.165, 1.54) is 6.42 Å². The number of amides is 2. The molecular formula is C12H22N2O3S. The minimum Gasteiger partial charge on any atom is -0.481 e. The van der Waals surface area contributed by atoms with Crippen molar-refractivity contribution in [2.24, 2.45) is 0 Å². The Kier molecular flexibility index (Phi) is 4.90. The van der Waals surface area contributed by atoms with Crippen LogP contribution in [0.15, 0.2) is 0 Å². The fraction of sp³-hybridized carbons (Fsp3) is 0.833. The predicted molar refractivity (Wildman–Crippen MR) is 73.0 cm³/mol. The van der Waals surface area contributed by atoms with Gasteiger partial charge >= 0.3 is 12.0 Å². The number of hydrogen-bond acceptors (Lipinski definition) is 3. The fourth-order valence-corrected chi connectivity index (χ4v) is 2.95. The number of urea groups is 1. The maximum absolute atomic E-state index is 11.7. The summed E-state index contributed by atoms with van der Waals surface area (Å²) in [4.78, 5) is 22.4. The molecule has 1 saturated carbocycles. The van der Waals surface area contributed by atoms with E-state index in [0.29, 0.717) is 6.54 Å². The minimum absolute atomic E-state index is 0.0892. The average molecular weight is 274 g/mol. The molecule has 0 aromatic heterocycles. The summed E-state index contributed by atoms with van der Waals surface area (Å²) in [5, 5.41) is 14.3. The molecule has 1 fully saturated rings. The maximum atomic E-state index is 11.7. The quantitative estimate of drug-likeness (QED) is 0.690. The number of carbonyl (C=O) groups excluding carboxylic acids is 1. The lowest BCUT2D eigenvalue weighted by molar-refractivity contribution is -0.138. The monoisotopic (exact) mass is 274 g/mol. The maximum Gasteiger partial charge on any atom is 0.315 e. The van der Waals surface area contributed by atoms with Gasteiger partial charge in [-0.3, -0.25) is 4.79 Å². The molecule has 0 saturated heterocycles. The molecule has 0 aromatic rings. The predicted octanol–water partition coefficient (Wildman–Crippen LogP) is 1.82. The molecule has 1 aliphatic carbocycles. The fourth-order valence-electron chi connectivity index (χ4n) is 2.04. The first kappa shape index (κ1) is 15.1. The van der Waals surface area contributed by atoms with Crippen molar-refractivity contribution < 1.29 is 14.7 Å². The van der Waals surface area contributed by atoms with Gasteiger partial charge in [0.1, 0.15) is 0 Å². The molecule has 0 atom stereocenters. The lowest BCUT2D eigenvalue weighted by Gasteiger charge is -2.40. The molecule has 104 valence electrons. The molecule has 0 aromatic carbocycles. The van der Waals surface area contributed by atoms with Gasteiger partial charge in [0.05, 0.1) is 6.42 Å². The van der Waals surface area contributed by atoms with Crippen LogP contribution in [0.1, 0.15) is 39.5 Å². The third-order valence-corrected chi connectivity index (χ3v) is 4.73. The summed E-state index contributed by atoms with van der Waals surface area (Å²) < 4.78 is 0.189. The second-order valence-corrected chi connectivity index (χ2v) is 6.78. The Balaban J connectivity index is 2.35. The summed E-state index contributed by atoms with van der Waals surface area (Å²) >= 11 is 1.79. The van der Waals surface area contributed by atoms with E-state index in [1.807, 2.05) is 0 Å². The van der Waals surface area contributed by atoms with Crippen molar-refractivity contribution in [3.05, 3.63) is 0 Å². The summed E-state index contributed by atoms with van der Waals surface area (Å²) in [7, 11) is 0. The standard InChI is InChI=1S/C12H22N2O3S/c1-11(2,7-9(15)16)14-10(17)13-8-12(18-3)5-4-6-12/h4-8H2,1-3H3,(H,15,16)(H2,13,14,17). The smallest absolute Gasteiger partial charge is 0.315 e. The van der Waals surface area contributed by atoms with Gasteiger partial charge < -0.3 is 15.7 Å². The third kappa shape index (κ3) is 4.40. The molecule has 0 spiro atoms. The molecule has 1 aliphatic rings. The van der Waals surface area contributed by atoms with Gasteiger partial charge in [-0.25, -0.2) is 4.79 Å². The Labute approximate surface area is 112 Å². The summed E-state index contributed by atoms with van der Waals surface area (Å²) in [5.74, 6) is -0.917. The second-order valence-electron chi connectivity index (χ2n) is 5.50. The Morgan fingerprint density at radius 1 is 1.39 bits per heavy atom. The van der Waals surface area contributed by atoms with E-state index in [4.69, 9.17) is 5.11 Å². The molecule has 0 unspecified atom stereocenters. The van der Waals surface area contributed by atoms with Crippen molar-refractivity contribution in [3.8, 4) is 0 Å². The van der Waals surface area contributed by atoms with Crippen LogP contribution in [-0.2, 0) is 4.79 Å². The van der Waals surface area contributed by atoms with Gasteiger partial charge in [0, 0.05) is 16.8 Å². The van der Waals surface area contributed by atoms with Crippen molar-refractivity contribution in [1.29, 1.82) is 0 Å². The van der Waals surface area contributed by atoms with Gasteiger partial charge in [-0.1, -0.05) is 6.42 Å². The van der Waals surface area contributed by atoms with E-state index in [9.17, 15) is 9.59 Å². The van der Waals surface area contributed by atoms with Crippen LogP contribution in [0.4, 0.5) is 4.79 Å². The Hall–Kier alpha value is -0.910. The van der Waals surface area contributed by atoms with E-state index >= 15 is 0 Å². The number of carboxylic acid groups (broad SMARTS) is 1. The highest BCUT2D eigenvalue weighted by Crippen LogP contribution is 2.42. The van der Waals surface area contributed by atoms with Crippen LogP contribution < -0.4 is 10.6 Å². The molecule has 5 nitrogen and oxygen atoms in total. The number of hydrogen-bond donors (Lipinski definition) is 3. The van der Waals surface area contributed by atoms with Crippen LogP contribution in [0, 0.1) is 0 Å². The molecule has 0 bridgehead atoms. The van der Waals surface area contributed by atoms with Crippen LogP contribution in [0.2, 0.25) is 0 Å². The van der Waals surface area contributed by atoms with Crippen LogP contribution >= 0.6 is 11.8 Å². The van der Waals surface area contributed by atoms with Crippen molar-refractivity contribution in [1.82, 2.24) is 10.6 Å². The summed E-state index contributed by atoms with van der Waals surface area (Å²) in [6.07, 6.45) is 5.45. The zero-order valence-electron chi connectivity index (χ0n) is 11.2. The van der Waals surface area contributed by atoms with Crippen LogP contribution in [0.25, 0.3) is 0 Å². The van der Waals surface area contributed by atoms with E-state index in [1.54, 1.807) is 25.6 Å². The highest BCUT2D eigenvalue weighted by molar-refractivity contribution is 8.00. The topological polar surface area (TPSA) is 78.4 Å². The first-order chi connectivity index (χ1) is 8.29. The minimum atomic E-state index is -0.917. The molecule has 1 rings (SSSR count). The lowest BCUT2D eigenvalue weighted by atomic mass is 9.84. The Bertz CT molecular complexity index is 322. The largest absolute Gasteiger partial charge is 0.481 e. The first-order valence-corrected chi connectivity index (χ1v) is 7.34. The summed E-state index contributed by atoms with van der Waals surface area (Å²) in [5.41, 5.74) is -0.734. The molecule has 3 N–H and O–H groups in total. The van der Waals surface area contributed by atoms with Gasteiger partial charge in [-0.05, 0) is 32.9 Å². The first-order valence-electron chi connectivity index (χ1n) is 6.12. The Morgan fingerprint density at radius 3 is 2.39 bits per heavy atom. The molecule has 18 heavy (non-hydrogen) atoms. The van der Waals surface area contributed by atoms with Crippen LogP contribution in [0.5, 0.6) is 0 Å². The van der Waals surface area contributed by atoms with Crippen molar-refractivity contribution >= 4 is 23.8 Å². The van der Waals surface area contributed by atoms with Gasteiger partial charge in [0.2, 0.25) is 0 Å². The van der Waals surface area contributed by atoms with Gasteiger partial charge in [0.15, 0.2) is 0 Å². The highest BCUT2D eigenvalue weighted by Gasteiger charge is 2.36. The van der Waals surface area contributed by atoms with Crippen molar-refractivity contribution in [3.63, 3.8) is 0 Å². The zero-order valence-corrected chi connectivity index (χ0v) is 12.0. The molecule has 2 amide bonds. The normalized spacial score (nSPS) is 17.7. The summed E-state index contributed by atoms with van der Waals surface area (Å²) in [6.45, 7) is 4.05. The van der Waals surface area contributed by atoms with E-state index < -0.39 is 11.5 Å². The van der Waals surface area contributed by atoms with Crippen molar-refractivity contribution in [2.75, 3.05) is 12.8 Å². The van der Waals surface area contributed by atoms with Gasteiger partial charge in [-0.15, -0.1) is 0 Å². The number of nitrogens with one attached hydrogen (secondary N) is 2. The second kappa shape index (κ2) is 5.82. The Morgan fingerprint density at radius 2 is 2.00 bits per heavy atom. The van der Waals surface area contributed by atoms with Gasteiger partial charge in [0.25, 0.3) is 0 Å². The number of carboxylic acids is 1. The highest BCUT2D eigenvalue weighted by atomic mass is 32.2. The molecule has 6 heteroatoms. The molecule has 0 aliphatic heterocycles. The SMILES string of the molecule is CSC1(CNC(=O)NC(C)(C)CC(=O)O)CCC1. The van der Waals surface area contributed by atoms with Gasteiger partial charge in [-0.2, -0.15) is 11.8 Å².